The number of likely N-dealkylation sites (tertiary alicyclic amines) is 1. The van der Waals surface area contributed by atoms with E-state index in [1.165, 1.54) is 18.7 Å². The molecule has 1 N–H and O–H groups in total. The van der Waals surface area contributed by atoms with E-state index in [1.54, 1.807) is 0 Å². The van der Waals surface area contributed by atoms with Crippen molar-refractivity contribution in [3.8, 4) is 0 Å². The van der Waals surface area contributed by atoms with Crippen molar-refractivity contribution in [3.05, 3.63) is 54.1 Å². The van der Waals surface area contributed by atoms with Crippen LogP contribution in [0.5, 0.6) is 0 Å². The smallest absolute Gasteiger partial charge is 0.251 e. The van der Waals surface area contributed by atoms with Crippen LogP contribution in [0.2, 0.25) is 0 Å². The van der Waals surface area contributed by atoms with Crippen LogP contribution in [0, 0.1) is 5.92 Å². The van der Waals surface area contributed by atoms with Crippen molar-refractivity contribution in [2.75, 3.05) is 13.1 Å². The number of piperidine rings is 1. The lowest BCUT2D eigenvalue weighted by molar-refractivity contribution is -0.141. The first-order valence-corrected chi connectivity index (χ1v) is 9.72. The van der Waals surface area contributed by atoms with Crippen molar-refractivity contribution in [2.45, 2.75) is 50.7 Å². The molecule has 1 saturated carbocycles. The molecule has 1 saturated heterocycles. The van der Waals surface area contributed by atoms with Crippen molar-refractivity contribution >= 4 is 5.91 Å². The monoisotopic (exact) mass is 353 g/mol. The summed E-state index contributed by atoms with van der Waals surface area (Å²) >= 11 is 0. The Morgan fingerprint density at radius 3 is 2.58 bits per heavy atom. The number of hydrogen-bond acceptors (Lipinski definition) is 3. The normalized spacial score (nSPS) is 19.5. The molecule has 2 heterocycles. The SMILES string of the molecule is O=C([C@@H](O)Cc1ccccc1)N1CCC(c2nccn2CC2CC2)CC1. The molecule has 2 aliphatic rings. The predicted molar refractivity (Wildman–Crippen MR) is 99.7 cm³/mol. The van der Waals surface area contributed by atoms with Crippen LogP contribution in [0.15, 0.2) is 42.7 Å². The Bertz CT molecular complexity index is 731. The Kier molecular flexibility index (Phi) is 5.07. The molecule has 0 radical (unpaired) electrons. The number of aliphatic hydroxyl groups is 1. The van der Waals surface area contributed by atoms with Crippen molar-refractivity contribution < 1.29 is 9.90 Å². The van der Waals surface area contributed by atoms with Gasteiger partial charge in [-0.15, -0.1) is 0 Å². The van der Waals surface area contributed by atoms with E-state index >= 15 is 0 Å². The third-order valence-electron chi connectivity index (χ3n) is 5.63. The predicted octanol–water partition coefficient (Wildman–Crippen LogP) is 2.60. The summed E-state index contributed by atoms with van der Waals surface area (Å²) in [6.45, 7) is 2.49. The van der Waals surface area contributed by atoms with Gasteiger partial charge in [-0.1, -0.05) is 30.3 Å². The first-order valence-electron chi connectivity index (χ1n) is 9.72. The average Bonchev–Trinajstić information content (AvgIpc) is 3.37. The average molecular weight is 353 g/mol. The number of amides is 1. The number of rotatable bonds is 6. The number of nitrogens with zero attached hydrogens (tertiary/aromatic N) is 3. The number of hydrogen-bond donors (Lipinski definition) is 1. The van der Waals surface area contributed by atoms with Gasteiger partial charge in [0, 0.05) is 44.4 Å². The lowest BCUT2D eigenvalue weighted by atomic mass is 9.95. The zero-order valence-electron chi connectivity index (χ0n) is 15.1. The fourth-order valence-electron chi connectivity index (χ4n) is 3.91. The van der Waals surface area contributed by atoms with E-state index in [1.807, 2.05) is 41.4 Å². The van der Waals surface area contributed by atoms with Crippen LogP contribution in [-0.4, -0.2) is 44.7 Å². The van der Waals surface area contributed by atoms with Gasteiger partial charge in [0.15, 0.2) is 0 Å². The Hall–Kier alpha value is -2.14. The lowest BCUT2D eigenvalue weighted by Crippen LogP contribution is -2.44. The minimum atomic E-state index is -0.953. The van der Waals surface area contributed by atoms with Crippen molar-refractivity contribution in [1.29, 1.82) is 0 Å². The van der Waals surface area contributed by atoms with E-state index < -0.39 is 6.10 Å². The summed E-state index contributed by atoms with van der Waals surface area (Å²) in [5.74, 6) is 2.28. The first-order chi connectivity index (χ1) is 12.7. The molecule has 1 amide bonds. The van der Waals surface area contributed by atoms with Gasteiger partial charge in [0.05, 0.1) is 0 Å². The van der Waals surface area contributed by atoms with E-state index in [0.717, 1.165) is 30.9 Å². The standard InChI is InChI=1S/C21H27N3O2/c25-19(14-16-4-2-1-3-5-16)21(26)23-11-8-18(9-12-23)20-22-10-13-24(20)15-17-6-7-17/h1-5,10,13,17-19,25H,6-9,11-12,14-15H2/t19-/m0/s1. The van der Waals surface area contributed by atoms with Crippen molar-refractivity contribution in [3.63, 3.8) is 0 Å². The van der Waals surface area contributed by atoms with Gasteiger partial charge in [-0.2, -0.15) is 0 Å². The maximum absolute atomic E-state index is 12.6. The van der Waals surface area contributed by atoms with E-state index in [-0.39, 0.29) is 5.91 Å². The Balaban J connectivity index is 1.31. The van der Waals surface area contributed by atoms with Gasteiger partial charge in [0.1, 0.15) is 11.9 Å². The Labute approximate surface area is 154 Å². The maximum Gasteiger partial charge on any atom is 0.251 e. The zero-order valence-corrected chi connectivity index (χ0v) is 15.1. The van der Waals surface area contributed by atoms with E-state index in [2.05, 4.69) is 15.7 Å². The van der Waals surface area contributed by atoms with Gasteiger partial charge in [0.2, 0.25) is 0 Å². The number of carbonyl (C=O) groups is 1. The maximum atomic E-state index is 12.6. The summed E-state index contributed by atoms with van der Waals surface area (Å²) in [7, 11) is 0. The summed E-state index contributed by atoms with van der Waals surface area (Å²) in [5.41, 5.74) is 0.991. The quantitative estimate of drug-likeness (QED) is 0.868. The molecule has 0 bridgehead atoms. The summed E-state index contributed by atoms with van der Waals surface area (Å²) in [6, 6.07) is 9.70. The number of aromatic nitrogens is 2. The molecule has 26 heavy (non-hydrogen) atoms. The lowest BCUT2D eigenvalue weighted by Gasteiger charge is -2.33. The highest BCUT2D eigenvalue weighted by molar-refractivity contribution is 5.81. The van der Waals surface area contributed by atoms with Crippen molar-refractivity contribution in [2.24, 2.45) is 5.92 Å². The summed E-state index contributed by atoms with van der Waals surface area (Å²) in [6.07, 6.45) is 7.94. The molecule has 0 spiro atoms. The fraction of sp³-hybridized carbons (Fsp3) is 0.524. The van der Waals surface area contributed by atoms with E-state index in [4.69, 9.17) is 0 Å². The fourth-order valence-corrected chi connectivity index (χ4v) is 3.91. The molecule has 1 aliphatic carbocycles. The highest BCUT2D eigenvalue weighted by Crippen LogP contribution is 2.33. The molecule has 138 valence electrons. The Morgan fingerprint density at radius 2 is 1.88 bits per heavy atom. The van der Waals surface area contributed by atoms with Crippen LogP contribution in [0.4, 0.5) is 0 Å². The van der Waals surface area contributed by atoms with Gasteiger partial charge in [-0.3, -0.25) is 4.79 Å². The number of aliphatic hydroxyl groups excluding tert-OH is 1. The molecule has 4 rings (SSSR count). The minimum Gasteiger partial charge on any atom is -0.383 e. The summed E-state index contributed by atoms with van der Waals surface area (Å²) < 4.78 is 2.31. The second-order valence-electron chi connectivity index (χ2n) is 7.69. The Morgan fingerprint density at radius 1 is 1.15 bits per heavy atom. The van der Waals surface area contributed by atoms with Gasteiger partial charge < -0.3 is 14.6 Å². The molecule has 1 aliphatic heterocycles. The molecule has 2 fully saturated rings. The number of benzene rings is 1. The second-order valence-corrected chi connectivity index (χ2v) is 7.69. The third kappa shape index (κ3) is 3.98. The van der Waals surface area contributed by atoms with Crippen molar-refractivity contribution in [1.82, 2.24) is 14.5 Å². The van der Waals surface area contributed by atoms with Crippen LogP contribution >= 0.6 is 0 Å². The number of carbonyl (C=O) groups excluding carboxylic acids is 1. The largest absolute Gasteiger partial charge is 0.383 e. The van der Waals surface area contributed by atoms with Crippen LogP contribution < -0.4 is 0 Å². The van der Waals surface area contributed by atoms with Crippen LogP contribution in [-0.2, 0) is 17.8 Å². The highest BCUT2D eigenvalue weighted by atomic mass is 16.3. The first kappa shape index (κ1) is 17.3. The highest BCUT2D eigenvalue weighted by Gasteiger charge is 2.30. The molecule has 1 atom stereocenters. The summed E-state index contributed by atoms with van der Waals surface area (Å²) in [5, 5.41) is 10.3. The molecule has 5 heteroatoms. The van der Waals surface area contributed by atoms with Crippen LogP contribution in [0.25, 0.3) is 0 Å². The van der Waals surface area contributed by atoms with Crippen LogP contribution in [0.1, 0.15) is 43.0 Å². The molecular formula is C21H27N3O2. The molecular weight excluding hydrogens is 326 g/mol. The molecule has 0 unspecified atom stereocenters. The summed E-state index contributed by atoms with van der Waals surface area (Å²) in [4.78, 5) is 19.0. The van der Waals surface area contributed by atoms with Gasteiger partial charge in [0.25, 0.3) is 5.91 Å². The number of imidazole rings is 1. The van der Waals surface area contributed by atoms with Crippen LogP contribution in [0.3, 0.4) is 0 Å². The van der Waals surface area contributed by atoms with E-state index in [9.17, 15) is 9.90 Å². The molecule has 1 aromatic heterocycles. The molecule has 5 nitrogen and oxygen atoms in total. The van der Waals surface area contributed by atoms with Gasteiger partial charge in [-0.25, -0.2) is 4.98 Å². The van der Waals surface area contributed by atoms with E-state index in [0.29, 0.717) is 25.4 Å². The van der Waals surface area contributed by atoms with Gasteiger partial charge in [-0.05, 0) is 37.2 Å². The molecule has 1 aromatic carbocycles. The molecule has 2 aromatic rings. The topological polar surface area (TPSA) is 58.4 Å². The third-order valence-corrected chi connectivity index (χ3v) is 5.63. The van der Waals surface area contributed by atoms with Gasteiger partial charge >= 0.3 is 0 Å². The zero-order chi connectivity index (χ0) is 17.9. The second kappa shape index (κ2) is 7.62. The minimum absolute atomic E-state index is 0.145.